The molecule has 2 aromatic rings. The summed E-state index contributed by atoms with van der Waals surface area (Å²) in [6.07, 6.45) is 3.13. The Morgan fingerprint density at radius 1 is 1.43 bits per heavy atom. The SMILES string of the molecule is [NH3+]CCc1c[nH]c(=S)n1[C@H]1COc2c(F)cc(F)cc2C1. The fraction of sp³-hybridized carbons (Fsp3) is 0.357. The lowest BCUT2D eigenvalue weighted by molar-refractivity contribution is -0.366. The van der Waals surface area contributed by atoms with Crippen molar-refractivity contribution in [3.63, 3.8) is 0 Å². The van der Waals surface area contributed by atoms with Crippen molar-refractivity contribution in [3.05, 3.63) is 46.0 Å². The molecule has 0 saturated heterocycles. The molecule has 0 bridgehead atoms. The van der Waals surface area contributed by atoms with Gasteiger partial charge in [-0.2, -0.15) is 0 Å². The zero-order valence-corrected chi connectivity index (χ0v) is 12.2. The first-order valence-electron chi connectivity index (χ1n) is 6.79. The second kappa shape index (κ2) is 5.57. The fourth-order valence-electron chi connectivity index (χ4n) is 2.77. The minimum Gasteiger partial charge on any atom is -0.488 e. The molecule has 1 aliphatic heterocycles. The van der Waals surface area contributed by atoms with Crippen LogP contribution in [0.4, 0.5) is 8.78 Å². The van der Waals surface area contributed by atoms with E-state index in [0.717, 1.165) is 24.7 Å². The van der Waals surface area contributed by atoms with Gasteiger partial charge in [0, 0.05) is 36.4 Å². The highest BCUT2D eigenvalue weighted by atomic mass is 32.1. The van der Waals surface area contributed by atoms with Crippen LogP contribution >= 0.6 is 12.2 Å². The lowest BCUT2D eigenvalue weighted by Crippen LogP contribution is -2.51. The van der Waals surface area contributed by atoms with E-state index in [-0.39, 0.29) is 11.8 Å². The molecule has 1 atom stereocenters. The number of halogens is 2. The average Bonchev–Trinajstić information content (AvgIpc) is 2.79. The van der Waals surface area contributed by atoms with Crippen LogP contribution in [0.15, 0.2) is 18.3 Å². The molecule has 4 nitrogen and oxygen atoms in total. The van der Waals surface area contributed by atoms with E-state index < -0.39 is 11.6 Å². The van der Waals surface area contributed by atoms with Crippen molar-refractivity contribution >= 4 is 12.2 Å². The lowest BCUT2D eigenvalue weighted by Gasteiger charge is -2.27. The highest BCUT2D eigenvalue weighted by molar-refractivity contribution is 7.71. The molecule has 1 aliphatic rings. The van der Waals surface area contributed by atoms with Crippen molar-refractivity contribution in [3.8, 4) is 5.75 Å². The Morgan fingerprint density at radius 2 is 2.24 bits per heavy atom. The number of ether oxygens (including phenoxy) is 1. The summed E-state index contributed by atoms with van der Waals surface area (Å²) in [5.74, 6) is -1.10. The van der Waals surface area contributed by atoms with E-state index in [1.54, 1.807) is 0 Å². The zero-order chi connectivity index (χ0) is 15.0. The fourth-order valence-corrected chi connectivity index (χ4v) is 3.10. The normalized spacial score (nSPS) is 17.4. The molecule has 0 spiro atoms. The maximum absolute atomic E-state index is 13.7. The molecule has 1 aromatic carbocycles. The number of hydrogen-bond donors (Lipinski definition) is 2. The van der Waals surface area contributed by atoms with Crippen LogP contribution in [0.1, 0.15) is 17.3 Å². The van der Waals surface area contributed by atoms with Crippen molar-refractivity contribution in [1.29, 1.82) is 0 Å². The summed E-state index contributed by atoms with van der Waals surface area (Å²) in [7, 11) is 0. The first kappa shape index (κ1) is 14.2. The molecule has 1 aromatic heterocycles. The smallest absolute Gasteiger partial charge is 0.177 e. The predicted molar refractivity (Wildman–Crippen MR) is 75.7 cm³/mol. The van der Waals surface area contributed by atoms with E-state index in [1.807, 2.05) is 10.8 Å². The third kappa shape index (κ3) is 2.58. The molecule has 0 fully saturated rings. The van der Waals surface area contributed by atoms with Crippen molar-refractivity contribution < 1.29 is 19.3 Å². The van der Waals surface area contributed by atoms with E-state index in [0.29, 0.717) is 23.4 Å². The van der Waals surface area contributed by atoms with Crippen LogP contribution in [0, 0.1) is 16.4 Å². The lowest BCUT2D eigenvalue weighted by atomic mass is 10.0. The summed E-state index contributed by atoms with van der Waals surface area (Å²) >= 11 is 5.30. The van der Waals surface area contributed by atoms with Crippen molar-refractivity contribution in [2.24, 2.45) is 0 Å². The first-order valence-corrected chi connectivity index (χ1v) is 7.19. The number of nitrogens with one attached hydrogen (secondary N) is 1. The highest BCUT2D eigenvalue weighted by Gasteiger charge is 2.26. The van der Waals surface area contributed by atoms with Crippen LogP contribution in [0.3, 0.4) is 0 Å². The zero-order valence-electron chi connectivity index (χ0n) is 11.4. The second-order valence-corrected chi connectivity index (χ2v) is 5.49. The number of rotatable bonds is 3. The molecule has 0 amide bonds. The molecular weight excluding hydrogens is 296 g/mol. The number of fused-ring (bicyclic) bond motifs is 1. The van der Waals surface area contributed by atoms with Gasteiger partial charge in [-0.25, -0.2) is 8.78 Å². The summed E-state index contributed by atoms with van der Waals surface area (Å²) in [6.45, 7) is 1.06. The van der Waals surface area contributed by atoms with Gasteiger partial charge in [-0.3, -0.25) is 0 Å². The Bertz CT molecular complexity index is 725. The van der Waals surface area contributed by atoms with Gasteiger partial charge in [0.15, 0.2) is 16.3 Å². The minimum absolute atomic E-state index is 0.0704. The highest BCUT2D eigenvalue weighted by Crippen LogP contribution is 2.33. The van der Waals surface area contributed by atoms with Gasteiger partial charge in [0.1, 0.15) is 12.4 Å². The largest absolute Gasteiger partial charge is 0.488 e. The van der Waals surface area contributed by atoms with Crippen LogP contribution < -0.4 is 10.5 Å². The number of nitrogens with zero attached hydrogens (tertiary/aromatic N) is 1. The van der Waals surface area contributed by atoms with E-state index in [4.69, 9.17) is 17.0 Å². The molecule has 2 heterocycles. The van der Waals surface area contributed by atoms with Crippen LogP contribution in [0.5, 0.6) is 5.75 Å². The van der Waals surface area contributed by atoms with E-state index >= 15 is 0 Å². The topological polar surface area (TPSA) is 57.6 Å². The van der Waals surface area contributed by atoms with Gasteiger partial charge in [-0.1, -0.05) is 0 Å². The van der Waals surface area contributed by atoms with Crippen LogP contribution in [0.2, 0.25) is 0 Å². The van der Waals surface area contributed by atoms with E-state index in [9.17, 15) is 8.78 Å². The quantitative estimate of drug-likeness (QED) is 0.849. The summed E-state index contributed by atoms with van der Waals surface area (Å²) in [4.78, 5) is 3.01. The summed E-state index contributed by atoms with van der Waals surface area (Å²) in [5, 5.41) is 0. The Hall–Kier alpha value is -1.73. The maximum atomic E-state index is 13.7. The van der Waals surface area contributed by atoms with Gasteiger partial charge in [-0.15, -0.1) is 0 Å². The summed E-state index contributed by atoms with van der Waals surface area (Å²) in [5.41, 5.74) is 5.41. The summed E-state index contributed by atoms with van der Waals surface area (Å²) < 4.78 is 35.1. The molecule has 21 heavy (non-hydrogen) atoms. The number of benzene rings is 1. The molecule has 0 aliphatic carbocycles. The van der Waals surface area contributed by atoms with Gasteiger partial charge < -0.3 is 20.0 Å². The van der Waals surface area contributed by atoms with Gasteiger partial charge in [0.25, 0.3) is 0 Å². The Morgan fingerprint density at radius 3 is 3.00 bits per heavy atom. The Kier molecular flexibility index (Phi) is 3.77. The number of quaternary nitrogens is 1. The Labute approximate surface area is 125 Å². The van der Waals surface area contributed by atoms with Gasteiger partial charge in [0.05, 0.1) is 12.6 Å². The van der Waals surface area contributed by atoms with Gasteiger partial charge >= 0.3 is 0 Å². The molecule has 3 rings (SSSR count). The van der Waals surface area contributed by atoms with Gasteiger partial charge in [-0.05, 0) is 18.3 Å². The number of hydrogen-bond acceptors (Lipinski definition) is 2. The number of H-pyrrole nitrogens is 1. The van der Waals surface area contributed by atoms with Gasteiger partial charge in [0.2, 0.25) is 0 Å². The van der Waals surface area contributed by atoms with Crippen molar-refractivity contribution in [1.82, 2.24) is 9.55 Å². The van der Waals surface area contributed by atoms with E-state index in [2.05, 4.69) is 10.7 Å². The summed E-state index contributed by atoms with van der Waals surface area (Å²) in [6, 6.07) is 2.09. The number of aromatic nitrogens is 2. The molecule has 4 N–H and O–H groups in total. The number of aromatic amines is 1. The Balaban J connectivity index is 1.97. The molecule has 0 unspecified atom stereocenters. The standard InChI is InChI=1S/C14H15F2N3OS/c15-9-3-8-4-11(7-20-13(8)12(16)5-9)19-10(1-2-17)6-18-14(19)21/h3,5-6,11H,1-2,4,7,17H2,(H,18,21)/p+1/t11-/m1/s1. The third-order valence-corrected chi connectivity index (χ3v) is 3.96. The van der Waals surface area contributed by atoms with Crippen LogP contribution in [-0.2, 0) is 12.8 Å². The van der Waals surface area contributed by atoms with Crippen molar-refractivity contribution in [2.75, 3.05) is 13.2 Å². The predicted octanol–water partition coefficient (Wildman–Crippen LogP) is 1.78. The maximum Gasteiger partial charge on any atom is 0.177 e. The molecule has 7 heteroatoms. The monoisotopic (exact) mass is 312 g/mol. The molecule has 0 radical (unpaired) electrons. The number of imidazole rings is 1. The van der Waals surface area contributed by atoms with Crippen molar-refractivity contribution in [2.45, 2.75) is 18.9 Å². The second-order valence-electron chi connectivity index (χ2n) is 5.10. The average molecular weight is 312 g/mol. The molecular formula is C14H16F2N3OS+. The van der Waals surface area contributed by atoms with Crippen LogP contribution in [0.25, 0.3) is 0 Å². The van der Waals surface area contributed by atoms with E-state index in [1.165, 1.54) is 6.07 Å². The van der Waals surface area contributed by atoms with Crippen LogP contribution in [-0.4, -0.2) is 22.7 Å². The third-order valence-electron chi connectivity index (χ3n) is 3.65. The molecule has 112 valence electrons. The first-order chi connectivity index (χ1) is 10.1. The molecule has 0 saturated carbocycles. The minimum atomic E-state index is -0.654.